The SMILES string of the molecule is COc1ccc(N2C(=O)NC(=O)[C@@]3(Cc4cccc(F)c4N4CCCC[C@@H]43)C2=O)cc1. The Hall–Kier alpha value is -3.42. The summed E-state index contributed by atoms with van der Waals surface area (Å²) < 4.78 is 19.9. The second-order valence-corrected chi connectivity index (χ2v) is 8.20. The number of para-hydroxylation sites is 1. The lowest BCUT2D eigenvalue weighted by molar-refractivity contribution is -0.145. The monoisotopic (exact) mass is 423 g/mol. The number of ether oxygens (including phenoxy) is 1. The molecule has 2 atom stereocenters. The summed E-state index contributed by atoms with van der Waals surface area (Å²) in [5, 5.41) is 2.40. The van der Waals surface area contributed by atoms with Crippen molar-refractivity contribution in [3.8, 4) is 5.75 Å². The Bertz CT molecular complexity index is 1090. The van der Waals surface area contributed by atoms with Crippen LogP contribution in [0.3, 0.4) is 0 Å². The van der Waals surface area contributed by atoms with Gasteiger partial charge in [-0.2, -0.15) is 0 Å². The van der Waals surface area contributed by atoms with E-state index in [9.17, 15) is 18.8 Å². The van der Waals surface area contributed by atoms with Crippen molar-refractivity contribution in [1.82, 2.24) is 5.32 Å². The maximum atomic E-state index is 14.8. The van der Waals surface area contributed by atoms with Crippen LogP contribution in [-0.4, -0.2) is 37.5 Å². The molecule has 31 heavy (non-hydrogen) atoms. The number of imide groups is 2. The van der Waals surface area contributed by atoms with Crippen molar-refractivity contribution in [2.75, 3.05) is 23.5 Å². The Labute approximate surface area is 178 Å². The van der Waals surface area contributed by atoms with Crippen LogP contribution in [0.15, 0.2) is 42.5 Å². The number of hydrogen-bond acceptors (Lipinski definition) is 5. The van der Waals surface area contributed by atoms with E-state index >= 15 is 0 Å². The predicted molar refractivity (Wildman–Crippen MR) is 112 cm³/mol. The van der Waals surface area contributed by atoms with Gasteiger partial charge in [0.1, 0.15) is 11.6 Å². The Kier molecular flexibility index (Phi) is 4.46. The number of urea groups is 1. The number of nitrogens with zero attached hydrogens (tertiary/aromatic N) is 2. The standard InChI is InChI=1S/C23H22FN3O4/c1-31-16-10-8-15(9-11-16)27-21(29)23(20(28)25-22(27)30)13-14-5-4-6-17(24)19(14)26-12-3-2-7-18(23)26/h4-6,8-11,18H,2-3,7,12-13H2,1H3,(H,25,28,30)/t18-,23+/m1/s1. The third-order valence-corrected chi connectivity index (χ3v) is 6.64. The van der Waals surface area contributed by atoms with E-state index in [0.717, 1.165) is 17.7 Å². The molecule has 4 amide bonds. The fourth-order valence-electron chi connectivity index (χ4n) is 5.22. The lowest BCUT2D eigenvalue weighted by Crippen LogP contribution is -2.73. The number of carbonyl (C=O) groups excluding carboxylic acids is 3. The van der Waals surface area contributed by atoms with E-state index in [1.165, 1.54) is 13.2 Å². The van der Waals surface area contributed by atoms with Gasteiger partial charge in [0, 0.05) is 6.54 Å². The lowest BCUT2D eigenvalue weighted by Gasteiger charge is -2.53. The number of nitrogens with one attached hydrogen (secondary N) is 1. The number of amides is 4. The molecular formula is C23H22FN3O4. The van der Waals surface area contributed by atoms with Crippen molar-refractivity contribution >= 4 is 29.2 Å². The smallest absolute Gasteiger partial charge is 0.335 e. The summed E-state index contributed by atoms with van der Waals surface area (Å²) in [5.74, 6) is -0.955. The first-order valence-electron chi connectivity index (χ1n) is 10.4. The van der Waals surface area contributed by atoms with Crippen LogP contribution in [0.2, 0.25) is 0 Å². The fraction of sp³-hybridized carbons (Fsp3) is 0.348. The number of rotatable bonds is 2. The highest BCUT2D eigenvalue weighted by atomic mass is 19.1. The molecule has 7 nitrogen and oxygen atoms in total. The van der Waals surface area contributed by atoms with E-state index in [1.807, 2.05) is 4.90 Å². The Balaban J connectivity index is 1.64. The predicted octanol–water partition coefficient (Wildman–Crippen LogP) is 3.02. The van der Waals surface area contributed by atoms with Crippen molar-refractivity contribution in [3.05, 3.63) is 53.8 Å². The summed E-state index contributed by atoms with van der Waals surface area (Å²) in [4.78, 5) is 42.8. The van der Waals surface area contributed by atoms with Gasteiger partial charge in [-0.1, -0.05) is 12.1 Å². The van der Waals surface area contributed by atoms with Crippen LogP contribution >= 0.6 is 0 Å². The average Bonchev–Trinajstić information content (AvgIpc) is 2.78. The van der Waals surface area contributed by atoms with E-state index in [2.05, 4.69) is 5.32 Å². The number of methoxy groups -OCH3 is 1. The van der Waals surface area contributed by atoms with Gasteiger partial charge in [-0.3, -0.25) is 14.9 Å². The third kappa shape index (κ3) is 2.74. The van der Waals surface area contributed by atoms with Crippen LogP contribution in [0.25, 0.3) is 0 Å². The maximum absolute atomic E-state index is 14.8. The highest BCUT2D eigenvalue weighted by Crippen LogP contribution is 2.48. The van der Waals surface area contributed by atoms with E-state index in [0.29, 0.717) is 35.7 Å². The normalized spacial score (nSPS) is 25.2. The Morgan fingerprint density at radius 2 is 1.87 bits per heavy atom. The number of fused-ring (bicyclic) bond motifs is 4. The van der Waals surface area contributed by atoms with E-state index < -0.39 is 29.3 Å². The van der Waals surface area contributed by atoms with Gasteiger partial charge >= 0.3 is 6.03 Å². The van der Waals surface area contributed by atoms with Crippen molar-refractivity contribution in [2.45, 2.75) is 31.7 Å². The molecule has 5 rings (SSSR count). The molecule has 8 heteroatoms. The highest BCUT2D eigenvalue weighted by molar-refractivity contribution is 6.30. The Morgan fingerprint density at radius 3 is 2.61 bits per heavy atom. The molecule has 3 aliphatic rings. The van der Waals surface area contributed by atoms with E-state index in [1.54, 1.807) is 36.4 Å². The molecule has 1 N–H and O–H groups in total. The van der Waals surface area contributed by atoms with Gasteiger partial charge in [0.25, 0.3) is 5.91 Å². The Morgan fingerprint density at radius 1 is 1.10 bits per heavy atom. The second-order valence-electron chi connectivity index (χ2n) is 8.20. The first kappa shape index (κ1) is 19.5. The molecule has 3 aliphatic heterocycles. The van der Waals surface area contributed by atoms with Crippen LogP contribution in [-0.2, 0) is 16.0 Å². The molecule has 1 spiro atoms. The zero-order valence-corrected chi connectivity index (χ0v) is 17.1. The van der Waals surface area contributed by atoms with Crippen LogP contribution in [0.1, 0.15) is 24.8 Å². The largest absolute Gasteiger partial charge is 0.497 e. The quantitative estimate of drug-likeness (QED) is 0.752. The molecule has 0 saturated carbocycles. The van der Waals surface area contributed by atoms with Gasteiger partial charge in [-0.15, -0.1) is 0 Å². The number of barbiturate groups is 1. The highest BCUT2D eigenvalue weighted by Gasteiger charge is 2.62. The molecule has 0 aromatic heterocycles. The van der Waals surface area contributed by atoms with E-state index in [4.69, 9.17) is 4.74 Å². The molecule has 0 radical (unpaired) electrons. The number of anilines is 2. The first-order valence-corrected chi connectivity index (χ1v) is 10.4. The minimum atomic E-state index is -1.50. The summed E-state index contributed by atoms with van der Waals surface area (Å²) >= 11 is 0. The van der Waals surface area contributed by atoms with E-state index in [-0.39, 0.29) is 12.2 Å². The number of piperidine rings is 1. The van der Waals surface area contributed by atoms with Crippen LogP contribution in [0.4, 0.5) is 20.6 Å². The topological polar surface area (TPSA) is 79.0 Å². The van der Waals surface area contributed by atoms with Gasteiger partial charge in [-0.25, -0.2) is 14.1 Å². The molecule has 160 valence electrons. The van der Waals surface area contributed by atoms with Crippen LogP contribution in [0, 0.1) is 11.2 Å². The second kappa shape index (κ2) is 7.08. The zero-order valence-electron chi connectivity index (χ0n) is 17.1. The van der Waals surface area contributed by atoms with Gasteiger partial charge in [0.15, 0.2) is 5.41 Å². The van der Waals surface area contributed by atoms with Gasteiger partial charge in [0.2, 0.25) is 5.91 Å². The van der Waals surface area contributed by atoms with Gasteiger partial charge in [0.05, 0.1) is 24.5 Å². The first-order chi connectivity index (χ1) is 15.0. The minimum Gasteiger partial charge on any atom is -0.497 e. The molecule has 2 aromatic carbocycles. The average molecular weight is 423 g/mol. The summed E-state index contributed by atoms with van der Waals surface area (Å²) in [5.41, 5.74) is -0.0886. The van der Waals surface area contributed by atoms with Gasteiger partial charge in [-0.05, 0) is 61.6 Å². The maximum Gasteiger partial charge on any atom is 0.335 e. The number of halogens is 1. The molecule has 2 fully saturated rings. The minimum absolute atomic E-state index is 0.0475. The summed E-state index contributed by atoms with van der Waals surface area (Å²) in [6.07, 6.45) is 2.28. The third-order valence-electron chi connectivity index (χ3n) is 6.64. The molecule has 0 bridgehead atoms. The zero-order chi connectivity index (χ0) is 21.8. The van der Waals surface area contributed by atoms with Crippen molar-refractivity contribution in [3.63, 3.8) is 0 Å². The molecular weight excluding hydrogens is 401 g/mol. The summed E-state index contributed by atoms with van der Waals surface area (Å²) in [7, 11) is 1.53. The summed E-state index contributed by atoms with van der Waals surface area (Å²) in [6.45, 7) is 0.553. The summed E-state index contributed by atoms with van der Waals surface area (Å²) in [6, 6.07) is 9.95. The van der Waals surface area contributed by atoms with Crippen LogP contribution in [0.5, 0.6) is 5.75 Å². The lowest BCUT2D eigenvalue weighted by atomic mass is 9.66. The van der Waals surface area contributed by atoms with Crippen molar-refractivity contribution in [2.24, 2.45) is 5.41 Å². The molecule has 0 unspecified atom stereocenters. The van der Waals surface area contributed by atoms with Crippen LogP contribution < -0.4 is 19.9 Å². The molecule has 2 aromatic rings. The molecule has 3 heterocycles. The van der Waals surface area contributed by atoms with Gasteiger partial charge < -0.3 is 9.64 Å². The van der Waals surface area contributed by atoms with Crippen molar-refractivity contribution in [1.29, 1.82) is 0 Å². The fourth-order valence-corrected chi connectivity index (χ4v) is 5.22. The number of carbonyl (C=O) groups is 3. The number of benzene rings is 2. The molecule has 2 saturated heterocycles. The molecule has 0 aliphatic carbocycles. The number of hydrogen-bond donors (Lipinski definition) is 1. The van der Waals surface area contributed by atoms with Crippen molar-refractivity contribution < 1.29 is 23.5 Å².